The van der Waals surface area contributed by atoms with Crippen molar-refractivity contribution in [3.8, 4) is 0 Å². The average Bonchev–Trinajstić information content (AvgIpc) is 2.41. The molecule has 1 aliphatic rings. The third kappa shape index (κ3) is 2.20. The van der Waals surface area contributed by atoms with E-state index in [0.717, 1.165) is 24.1 Å². The first-order valence-electron chi connectivity index (χ1n) is 5.94. The molecular weight excluding hydrogens is 230 g/mol. The van der Waals surface area contributed by atoms with Gasteiger partial charge >= 0.3 is 0 Å². The van der Waals surface area contributed by atoms with Gasteiger partial charge in [0.1, 0.15) is 0 Å². The van der Waals surface area contributed by atoms with Crippen molar-refractivity contribution in [2.24, 2.45) is 0 Å². The molecule has 0 amide bonds. The predicted octanol–water partition coefficient (Wildman–Crippen LogP) is 0.871. The van der Waals surface area contributed by atoms with Crippen LogP contribution in [0.3, 0.4) is 0 Å². The van der Waals surface area contributed by atoms with Gasteiger partial charge in [0.05, 0.1) is 24.2 Å². The number of benzene rings is 1. The number of hydrogen-bond acceptors (Lipinski definition) is 6. The molecule has 6 heteroatoms. The summed E-state index contributed by atoms with van der Waals surface area (Å²) in [5.74, 6) is 1.02. The second-order valence-corrected chi connectivity index (χ2v) is 4.16. The fourth-order valence-corrected chi connectivity index (χ4v) is 1.92. The van der Waals surface area contributed by atoms with Gasteiger partial charge in [0.25, 0.3) is 0 Å². The van der Waals surface area contributed by atoms with Gasteiger partial charge in [-0.1, -0.05) is 12.1 Å². The van der Waals surface area contributed by atoms with Gasteiger partial charge in [0, 0.05) is 13.1 Å². The lowest BCUT2D eigenvalue weighted by atomic mass is 10.3. The summed E-state index contributed by atoms with van der Waals surface area (Å²) in [6.45, 7) is 3.06. The molecule has 0 bridgehead atoms. The summed E-state index contributed by atoms with van der Waals surface area (Å²) in [4.78, 5) is 8.82. The van der Waals surface area contributed by atoms with E-state index in [0.29, 0.717) is 24.8 Å². The van der Waals surface area contributed by atoms with Gasteiger partial charge in [-0.2, -0.15) is 0 Å². The predicted molar refractivity (Wildman–Crippen MR) is 70.0 cm³/mol. The maximum absolute atomic E-state index is 5.91. The highest BCUT2D eigenvalue weighted by molar-refractivity contribution is 5.79. The number of rotatable bonds is 2. The second-order valence-electron chi connectivity index (χ2n) is 4.16. The van der Waals surface area contributed by atoms with Crippen LogP contribution in [0.2, 0.25) is 0 Å². The van der Waals surface area contributed by atoms with E-state index in [4.69, 9.17) is 10.5 Å². The van der Waals surface area contributed by atoms with Crippen molar-refractivity contribution in [3.05, 3.63) is 24.3 Å². The highest BCUT2D eigenvalue weighted by Gasteiger charge is 2.13. The monoisotopic (exact) mass is 245 g/mol. The molecule has 18 heavy (non-hydrogen) atoms. The molecule has 0 spiro atoms. The zero-order valence-corrected chi connectivity index (χ0v) is 9.97. The molecule has 1 aromatic carbocycles. The Hall–Kier alpha value is -1.92. The molecule has 0 aliphatic carbocycles. The molecule has 94 valence electrons. The third-order valence-corrected chi connectivity index (χ3v) is 2.87. The smallest absolute Gasteiger partial charge is 0.184 e. The minimum Gasteiger partial charge on any atom is -0.381 e. The van der Waals surface area contributed by atoms with Crippen molar-refractivity contribution in [3.63, 3.8) is 0 Å². The molecule has 3 rings (SSSR count). The van der Waals surface area contributed by atoms with Gasteiger partial charge in [0.2, 0.25) is 0 Å². The van der Waals surface area contributed by atoms with E-state index in [1.807, 2.05) is 29.3 Å². The van der Waals surface area contributed by atoms with Crippen LogP contribution in [0.4, 0.5) is 11.6 Å². The van der Waals surface area contributed by atoms with Crippen molar-refractivity contribution in [2.45, 2.75) is 0 Å². The van der Waals surface area contributed by atoms with Crippen LogP contribution >= 0.6 is 0 Å². The number of hydrogen-bond donors (Lipinski definition) is 2. The lowest BCUT2D eigenvalue weighted by molar-refractivity contribution is 0.0495. The van der Waals surface area contributed by atoms with E-state index in [9.17, 15) is 0 Å². The van der Waals surface area contributed by atoms with Crippen LogP contribution in [-0.2, 0) is 4.74 Å². The van der Waals surface area contributed by atoms with Gasteiger partial charge in [-0.3, -0.25) is 5.43 Å². The Bertz CT molecular complexity index is 553. The molecular formula is C12H15N5O. The quantitative estimate of drug-likeness (QED) is 0.817. The molecule has 0 radical (unpaired) electrons. The van der Waals surface area contributed by atoms with Crippen LogP contribution in [0.1, 0.15) is 0 Å². The molecule has 1 fully saturated rings. The van der Waals surface area contributed by atoms with Gasteiger partial charge in [0.15, 0.2) is 11.6 Å². The molecule has 0 saturated carbocycles. The molecule has 1 saturated heterocycles. The van der Waals surface area contributed by atoms with Crippen LogP contribution < -0.4 is 11.2 Å². The summed E-state index contributed by atoms with van der Waals surface area (Å²) in [6.07, 6.45) is 0. The first kappa shape index (κ1) is 11.2. The second kappa shape index (κ2) is 4.75. The summed E-state index contributed by atoms with van der Waals surface area (Å²) in [7, 11) is 0. The van der Waals surface area contributed by atoms with E-state index in [1.165, 1.54) is 0 Å². The van der Waals surface area contributed by atoms with E-state index in [-0.39, 0.29) is 0 Å². The first-order chi connectivity index (χ1) is 8.83. The molecule has 1 aliphatic heterocycles. The summed E-state index contributed by atoms with van der Waals surface area (Å²) < 4.78 is 5.29. The van der Waals surface area contributed by atoms with E-state index in [2.05, 4.69) is 15.4 Å². The normalized spacial score (nSPS) is 16.9. The number of hydrazine groups is 1. The Morgan fingerprint density at radius 1 is 1.11 bits per heavy atom. The number of para-hydroxylation sites is 2. The minimum absolute atomic E-state index is 0.417. The number of nitrogens with two attached hydrogens (primary N) is 1. The standard InChI is InChI=1S/C12H15N5O/c13-11-12(16-17-5-7-18-8-6-17)15-10-4-2-1-3-9(10)14-11/h1-4H,5-8H2,(H2,13,14)(H,15,16). The van der Waals surface area contributed by atoms with Crippen LogP contribution in [0.5, 0.6) is 0 Å². The lowest BCUT2D eigenvalue weighted by Crippen LogP contribution is -2.40. The summed E-state index contributed by atoms with van der Waals surface area (Å²) in [5.41, 5.74) is 10.7. The van der Waals surface area contributed by atoms with Crippen LogP contribution in [-0.4, -0.2) is 41.3 Å². The Morgan fingerprint density at radius 2 is 1.78 bits per heavy atom. The molecule has 3 N–H and O–H groups in total. The van der Waals surface area contributed by atoms with Gasteiger partial charge in [-0.05, 0) is 12.1 Å². The summed E-state index contributed by atoms with van der Waals surface area (Å²) >= 11 is 0. The SMILES string of the molecule is Nc1nc2ccccc2nc1NN1CCOCC1. The maximum Gasteiger partial charge on any atom is 0.184 e. The molecule has 1 aromatic heterocycles. The van der Waals surface area contributed by atoms with Crippen molar-refractivity contribution in [1.29, 1.82) is 0 Å². The van der Waals surface area contributed by atoms with E-state index < -0.39 is 0 Å². The van der Waals surface area contributed by atoms with E-state index >= 15 is 0 Å². The van der Waals surface area contributed by atoms with Gasteiger partial charge in [-0.25, -0.2) is 15.0 Å². The lowest BCUT2D eigenvalue weighted by Gasteiger charge is -2.27. The number of aromatic nitrogens is 2. The third-order valence-electron chi connectivity index (χ3n) is 2.87. The fourth-order valence-electron chi connectivity index (χ4n) is 1.92. The number of morpholine rings is 1. The maximum atomic E-state index is 5.91. The summed E-state index contributed by atoms with van der Waals surface area (Å²) in [6, 6.07) is 7.68. The highest BCUT2D eigenvalue weighted by atomic mass is 16.5. The van der Waals surface area contributed by atoms with Crippen molar-refractivity contribution < 1.29 is 4.74 Å². The number of nitrogens with one attached hydrogen (secondary N) is 1. The van der Waals surface area contributed by atoms with Crippen molar-refractivity contribution in [2.75, 3.05) is 37.5 Å². The van der Waals surface area contributed by atoms with Gasteiger partial charge in [-0.15, -0.1) is 0 Å². The first-order valence-corrected chi connectivity index (χ1v) is 5.94. The van der Waals surface area contributed by atoms with Crippen molar-refractivity contribution in [1.82, 2.24) is 15.0 Å². The van der Waals surface area contributed by atoms with Crippen LogP contribution in [0.25, 0.3) is 11.0 Å². The topological polar surface area (TPSA) is 76.3 Å². The molecule has 0 atom stereocenters. The number of ether oxygens (including phenoxy) is 1. The molecule has 2 heterocycles. The Morgan fingerprint density at radius 3 is 2.50 bits per heavy atom. The number of nitrogens with zero attached hydrogens (tertiary/aromatic N) is 3. The number of nitrogen functional groups attached to an aromatic ring is 1. The zero-order valence-electron chi connectivity index (χ0n) is 9.97. The zero-order chi connectivity index (χ0) is 12.4. The van der Waals surface area contributed by atoms with Crippen molar-refractivity contribution >= 4 is 22.7 Å². The molecule has 0 unspecified atom stereocenters. The minimum atomic E-state index is 0.417. The van der Waals surface area contributed by atoms with Crippen LogP contribution in [0.15, 0.2) is 24.3 Å². The average molecular weight is 245 g/mol. The molecule has 6 nitrogen and oxygen atoms in total. The Labute approximate surface area is 105 Å². The Balaban J connectivity index is 1.88. The summed E-state index contributed by atoms with van der Waals surface area (Å²) in [5, 5.41) is 2.04. The van der Waals surface area contributed by atoms with Gasteiger partial charge < -0.3 is 10.5 Å². The highest BCUT2D eigenvalue weighted by Crippen LogP contribution is 2.19. The number of anilines is 2. The van der Waals surface area contributed by atoms with E-state index in [1.54, 1.807) is 0 Å². The largest absolute Gasteiger partial charge is 0.381 e. The Kier molecular flexibility index (Phi) is 2.95. The van der Waals surface area contributed by atoms with Crippen LogP contribution in [0, 0.1) is 0 Å². The molecule has 2 aromatic rings. The fraction of sp³-hybridized carbons (Fsp3) is 0.333. The number of fused-ring (bicyclic) bond motifs is 1.